The van der Waals surface area contributed by atoms with Gasteiger partial charge in [-0.05, 0) is 31.1 Å². The van der Waals surface area contributed by atoms with Gasteiger partial charge in [0.25, 0.3) is 0 Å². The van der Waals surface area contributed by atoms with Crippen molar-refractivity contribution >= 4 is 0 Å². The zero-order valence-electron chi connectivity index (χ0n) is 10.6. The Balaban J connectivity index is 3.89. The maximum absolute atomic E-state index is 4.13. The van der Waals surface area contributed by atoms with Crippen molar-refractivity contribution in [3.05, 3.63) is 12.2 Å². The minimum absolute atomic E-state index is 0.835. The van der Waals surface area contributed by atoms with Crippen molar-refractivity contribution in [1.82, 2.24) is 0 Å². The summed E-state index contributed by atoms with van der Waals surface area (Å²) in [5, 5.41) is 0. The minimum atomic E-state index is 0.835. The average Bonchev–Trinajstić information content (AvgIpc) is 2.13. The molecule has 0 heteroatoms. The Labute approximate surface area is 90.8 Å². The molecule has 0 amide bonds. The Hall–Kier alpha value is -0.260. The molecule has 0 saturated heterocycles. The fourth-order valence-corrected chi connectivity index (χ4v) is 2.02. The van der Waals surface area contributed by atoms with Gasteiger partial charge in [0.2, 0.25) is 0 Å². The Bertz CT molecular complexity index is 144. The van der Waals surface area contributed by atoms with Crippen LogP contribution in [-0.2, 0) is 0 Å². The van der Waals surface area contributed by atoms with Crippen LogP contribution in [0.3, 0.4) is 0 Å². The van der Waals surface area contributed by atoms with Crippen LogP contribution in [-0.4, -0.2) is 0 Å². The standard InChI is InChI=1S/C14H28/c1-6-8-9-14(10-12(3)4)11-13(5)7-2/h12,14H,5-11H2,1-4H3. The Morgan fingerprint density at radius 2 is 1.86 bits per heavy atom. The summed E-state index contributed by atoms with van der Waals surface area (Å²) in [6.45, 7) is 13.3. The van der Waals surface area contributed by atoms with Gasteiger partial charge >= 0.3 is 0 Å². The smallest absolute Gasteiger partial charge is 0.0295 e. The quantitative estimate of drug-likeness (QED) is 0.468. The van der Waals surface area contributed by atoms with Gasteiger partial charge in [-0.2, -0.15) is 0 Å². The second-order valence-corrected chi connectivity index (χ2v) is 4.95. The highest BCUT2D eigenvalue weighted by Crippen LogP contribution is 2.25. The molecule has 14 heavy (non-hydrogen) atoms. The van der Waals surface area contributed by atoms with E-state index in [2.05, 4.69) is 34.3 Å². The third-order valence-corrected chi connectivity index (χ3v) is 2.85. The molecule has 0 saturated carbocycles. The Morgan fingerprint density at radius 3 is 2.29 bits per heavy atom. The summed E-state index contributed by atoms with van der Waals surface area (Å²) in [7, 11) is 0. The molecule has 0 aliphatic rings. The van der Waals surface area contributed by atoms with Crippen LogP contribution in [0, 0.1) is 11.8 Å². The normalized spacial score (nSPS) is 13.2. The molecular weight excluding hydrogens is 168 g/mol. The lowest BCUT2D eigenvalue weighted by Gasteiger charge is -2.19. The SMILES string of the molecule is C=C(CC)CC(CCCC)CC(C)C. The summed E-state index contributed by atoms with van der Waals surface area (Å²) in [6, 6.07) is 0. The third-order valence-electron chi connectivity index (χ3n) is 2.85. The van der Waals surface area contributed by atoms with E-state index >= 15 is 0 Å². The first-order chi connectivity index (χ1) is 6.60. The molecule has 1 unspecified atom stereocenters. The van der Waals surface area contributed by atoms with Gasteiger partial charge in [0.1, 0.15) is 0 Å². The summed E-state index contributed by atoms with van der Waals surface area (Å²) >= 11 is 0. The van der Waals surface area contributed by atoms with Crippen molar-refractivity contribution in [3.8, 4) is 0 Å². The first-order valence-electron chi connectivity index (χ1n) is 6.26. The van der Waals surface area contributed by atoms with Crippen molar-refractivity contribution in [1.29, 1.82) is 0 Å². The zero-order chi connectivity index (χ0) is 11.0. The van der Waals surface area contributed by atoms with Crippen LogP contribution in [0.4, 0.5) is 0 Å². The van der Waals surface area contributed by atoms with Crippen LogP contribution in [0.1, 0.15) is 66.2 Å². The monoisotopic (exact) mass is 196 g/mol. The highest BCUT2D eigenvalue weighted by Gasteiger charge is 2.11. The van der Waals surface area contributed by atoms with Gasteiger partial charge < -0.3 is 0 Å². The molecule has 0 aromatic carbocycles. The molecule has 0 N–H and O–H groups in total. The van der Waals surface area contributed by atoms with Crippen LogP contribution in [0.2, 0.25) is 0 Å². The van der Waals surface area contributed by atoms with Crippen molar-refractivity contribution in [3.63, 3.8) is 0 Å². The highest BCUT2D eigenvalue weighted by atomic mass is 14.2. The van der Waals surface area contributed by atoms with Gasteiger partial charge in [-0.15, -0.1) is 0 Å². The van der Waals surface area contributed by atoms with E-state index in [1.807, 2.05) is 0 Å². The predicted molar refractivity (Wildman–Crippen MR) is 66.5 cm³/mol. The zero-order valence-corrected chi connectivity index (χ0v) is 10.6. The van der Waals surface area contributed by atoms with Crippen LogP contribution in [0.25, 0.3) is 0 Å². The lowest BCUT2D eigenvalue weighted by molar-refractivity contribution is 0.371. The number of rotatable bonds is 8. The summed E-state index contributed by atoms with van der Waals surface area (Å²) < 4.78 is 0. The molecule has 0 spiro atoms. The van der Waals surface area contributed by atoms with E-state index in [4.69, 9.17) is 0 Å². The van der Waals surface area contributed by atoms with Crippen LogP contribution >= 0.6 is 0 Å². The number of allylic oxidation sites excluding steroid dienone is 1. The maximum Gasteiger partial charge on any atom is -0.0295 e. The lowest BCUT2D eigenvalue weighted by atomic mass is 9.87. The maximum atomic E-state index is 4.13. The molecule has 0 aromatic rings. The Kier molecular flexibility index (Phi) is 7.93. The van der Waals surface area contributed by atoms with E-state index in [1.54, 1.807) is 0 Å². The average molecular weight is 196 g/mol. The molecule has 0 nitrogen and oxygen atoms in total. The molecule has 84 valence electrons. The van der Waals surface area contributed by atoms with Gasteiger partial charge in [0.05, 0.1) is 0 Å². The van der Waals surface area contributed by atoms with E-state index in [0.29, 0.717) is 0 Å². The molecule has 0 rings (SSSR count). The van der Waals surface area contributed by atoms with Crippen LogP contribution < -0.4 is 0 Å². The molecule has 0 fully saturated rings. The van der Waals surface area contributed by atoms with Gasteiger partial charge in [-0.3, -0.25) is 0 Å². The van der Waals surface area contributed by atoms with E-state index in [0.717, 1.165) is 18.3 Å². The van der Waals surface area contributed by atoms with Crippen molar-refractivity contribution in [2.45, 2.75) is 66.2 Å². The number of unbranched alkanes of at least 4 members (excludes halogenated alkanes) is 1. The fourth-order valence-electron chi connectivity index (χ4n) is 2.02. The van der Waals surface area contributed by atoms with Gasteiger partial charge in [-0.25, -0.2) is 0 Å². The number of hydrogen-bond donors (Lipinski definition) is 0. The summed E-state index contributed by atoms with van der Waals surface area (Å²) in [5.41, 5.74) is 1.44. The Morgan fingerprint density at radius 1 is 1.21 bits per heavy atom. The van der Waals surface area contributed by atoms with Crippen molar-refractivity contribution < 1.29 is 0 Å². The minimum Gasteiger partial charge on any atom is -0.0999 e. The second kappa shape index (κ2) is 8.08. The molecule has 0 aliphatic carbocycles. The second-order valence-electron chi connectivity index (χ2n) is 4.95. The summed E-state index contributed by atoms with van der Waals surface area (Å²) in [4.78, 5) is 0. The van der Waals surface area contributed by atoms with E-state index < -0.39 is 0 Å². The fraction of sp³-hybridized carbons (Fsp3) is 0.857. The largest absolute Gasteiger partial charge is 0.0999 e. The van der Waals surface area contributed by atoms with Gasteiger partial charge in [0.15, 0.2) is 0 Å². The first-order valence-corrected chi connectivity index (χ1v) is 6.26. The lowest BCUT2D eigenvalue weighted by Crippen LogP contribution is -2.05. The molecule has 0 heterocycles. The summed E-state index contributed by atoms with van der Waals surface area (Å²) in [5.74, 6) is 1.73. The van der Waals surface area contributed by atoms with E-state index in [1.165, 1.54) is 37.7 Å². The van der Waals surface area contributed by atoms with E-state index in [-0.39, 0.29) is 0 Å². The van der Waals surface area contributed by atoms with Gasteiger partial charge in [-0.1, -0.05) is 59.1 Å². The molecule has 1 atom stereocenters. The predicted octanol–water partition coefficient (Wildman–Crippen LogP) is 5.20. The number of hydrogen-bond acceptors (Lipinski definition) is 0. The summed E-state index contributed by atoms with van der Waals surface area (Å²) in [6.07, 6.45) is 7.89. The van der Waals surface area contributed by atoms with E-state index in [9.17, 15) is 0 Å². The molecule has 0 bridgehead atoms. The van der Waals surface area contributed by atoms with Crippen molar-refractivity contribution in [2.24, 2.45) is 11.8 Å². The molecule has 0 aromatic heterocycles. The molecule has 0 radical (unpaired) electrons. The molecular formula is C14H28. The molecule has 0 aliphatic heterocycles. The first kappa shape index (κ1) is 13.7. The third kappa shape index (κ3) is 7.17. The topological polar surface area (TPSA) is 0 Å². The highest BCUT2D eigenvalue weighted by molar-refractivity contribution is 4.94. The van der Waals surface area contributed by atoms with Crippen LogP contribution in [0.5, 0.6) is 0 Å². The van der Waals surface area contributed by atoms with Crippen molar-refractivity contribution in [2.75, 3.05) is 0 Å². The van der Waals surface area contributed by atoms with Gasteiger partial charge in [0, 0.05) is 0 Å². The van der Waals surface area contributed by atoms with Crippen LogP contribution in [0.15, 0.2) is 12.2 Å².